The summed E-state index contributed by atoms with van der Waals surface area (Å²) >= 11 is 0. The van der Waals surface area contributed by atoms with Crippen LogP contribution in [0, 0.1) is 0 Å². The standard InChI is InChI=1S/C19H19N5/c20-24-23-16-9-6-14(7-10-16)19-21-17-11-8-15(12-18(17)22-19)13-4-2-1-3-5-13/h1-5,8,11-12,14,16H,6-7,9-10H2,(H,21,22). The number of azide groups is 1. The molecule has 0 unspecified atom stereocenters. The van der Waals surface area contributed by atoms with E-state index in [2.05, 4.69) is 57.5 Å². The highest BCUT2D eigenvalue weighted by atomic mass is 15.1. The summed E-state index contributed by atoms with van der Waals surface area (Å²) in [7, 11) is 0. The van der Waals surface area contributed by atoms with Crippen molar-refractivity contribution in [2.24, 2.45) is 5.11 Å². The summed E-state index contributed by atoms with van der Waals surface area (Å²) in [6.07, 6.45) is 3.94. The molecule has 0 amide bonds. The lowest BCUT2D eigenvalue weighted by atomic mass is 9.86. The number of aromatic amines is 1. The number of H-pyrrole nitrogens is 1. The minimum absolute atomic E-state index is 0.153. The lowest BCUT2D eigenvalue weighted by Gasteiger charge is -2.24. The summed E-state index contributed by atoms with van der Waals surface area (Å²) in [6.45, 7) is 0. The van der Waals surface area contributed by atoms with Crippen molar-refractivity contribution in [3.8, 4) is 11.1 Å². The number of nitrogens with one attached hydrogen (secondary N) is 1. The van der Waals surface area contributed by atoms with Crippen LogP contribution in [-0.4, -0.2) is 16.0 Å². The van der Waals surface area contributed by atoms with Gasteiger partial charge in [0.05, 0.1) is 11.0 Å². The molecule has 0 bridgehead atoms. The SMILES string of the molecule is [N-]=[N+]=NC1CCC(c2nc3ccc(-c4ccccc4)cc3[nH]2)CC1. The maximum atomic E-state index is 8.56. The van der Waals surface area contributed by atoms with Crippen LogP contribution in [0.25, 0.3) is 32.6 Å². The van der Waals surface area contributed by atoms with Gasteiger partial charge in [-0.1, -0.05) is 41.5 Å². The van der Waals surface area contributed by atoms with Crippen LogP contribution in [-0.2, 0) is 0 Å². The minimum Gasteiger partial charge on any atom is -0.342 e. The van der Waals surface area contributed by atoms with E-state index >= 15 is 0 Å². The molecule has 2 aromatic carbocycles. The number of hydrogen-bond donors (Lipinski definition) is 1. The highest BCUT2D eigenvalue weighted by molar-refractivity contribution is 5.82. The van der Waals surface area contributed by atoms with E-state index in [9.17, 15) is 0 Å². The Hall–Kier alpha value is -2.78. The second-order valence-electron chi connectivity index (χ2n) is 6.43. The third-order valence-electron chi connectivity index (χ3n) is 4.91. The number of imidazole rings is 1. The smallest absolute Gasteiger partial charge is 0.110 e. The predicted molar refractivity (Wildman–Crippen MR) is 95.7 cm³/mol. The van der Waals surface area contributed by atoms with E-state index in [4.69, 9.17) is 10.5 Å². The van der Waals surface area contributed by atoms with Gasteiger partial charge >= 0.3 is 0 Å². The number of hydrogen-bond acceptors (Lipinski definition) is 2. The van der Waals surface area contributed by atoms with Crippen molar-refractivity contribution in [1.29, 1.82) is 0 Å². The molecule has 4 rings (SSSR count). The molecule has 0 spiro atoms. The first-order valence-electron chi connectivity index (χ1n) is 8.43. The van der Waals surface area contributed by atoms with Gasteiger partial charge < -0.3 is 4.98 Å². The Morgan fingerprint density at radius 1 is 1.00 bits per heavy atom. The number of nitrogens with zero attached hydrogens (tertiary/aromatic N) is 4. The van der Waals surface area contributed by atoms with Crippen LogP contribution in [0.1, 0.15) is 37.4 Å². The van der Waals surface area contributed by atoms with Gasteiger partial charge in [0.1, 0.15) is 5.82 Å². The van der Waals surface area contributed by atoms with Crippen molar-refractivity contribution in [3.05, 3.63) is 64.8 Å². The Kier molecular flexibility index (Phi) is 3.93. The second kappa shape index (κ2) is 6.38. The van der Waals surface area contributed by atoms with Gasteiger partial charge in [0, 0.05) is 16.9 Å². The quantitative estimate of drug-likeness (QED) is 0.383. The molecule has 1 aliphatic carbocycles. The van der Waals surface area contributed by atoms with E-state index in [-0.39, 0.29) is 6.04 Å². The Labute approximate surface area is 140 Å². The maximum Gasteiger partial charge on any atom is 0.110 e. The molecule has 0 atom stereocenters. The first kappa shape index (κ1) is 14.8. The van der Waals surface area contributed by atoms with Gasteiger partial charge in [-0.05, 0) is 54.5 Å². The van der Waals surface area contributed by atoms with E-state index in [0.29, 0.717) is 5.92 Å². The summed E-state index contributed by atoms with van der Waals surface area (Å²) in [5.41, 5.74) is 13.1. The predicted octanol–water partition coefficient (Wildman–Crippen LogP) is 5.57. The van der Waals surface area contributed by atoms with E-state index in [1.807, 2.05) is 6.07 Å². The van der Waals surface area contributed by atoms with Crippen LogP contribution in [0.15, 0.2) is 53.6 Å². The largest absolute Gasteiger partial charge is 0.342 e. The molecule has 1 N–H and O–H groups in total. The minimum atomic E-state index is 0.153. The van der Waals surface area contributed by atoms with Gasteiger partial charge in [-0.3, -0.25) is 0 Å². The van der Waals surface area contributed by atoms with E-state index in [1.54, 1.807) is 0 Å². The molecule has 24 heavy (non-hydrogen) atoms. The van der Waals surface area contributed by atoms with Crippen molar-refractivity contribution in [2.45, 2.75) is 37.6 Å². The van der Waals surface area contributed by atoms with Crippen LogP contribution in [0.5, 0.6) is 0 Å². The lowest BCUT2D eigenvalue weighted by molar-refractivity contribution is 0.386. The van der Waals surface area contributed by atoms with Crippen molar-refractivity contribution in [2.75, 3.05) is 0 Å². The zero-order chi connectivity index (χ0) is 16.4. The molecule has 0 saturated heterocycles. The van der Waals surface area contributed by atoms with Crippen molar-refractivity contribution < 1.29 is 0 Å². The van der Waals surface area contributed by atoms with Gasteiger partial charge in [-0.2, -0.15) is 0 Å². The zero-order valence-electron chi connectivity index (χ0n) is 13.4. The molecule has 5 heteroatoms. The van der Waals surface area contributed by atoms with Crippen molar-refractivity contribution in [1.82, 2.24) is 9.97 Å². The highest BCUT2D eigenvalue weighted by Crippen LogP contribution is 2.34. The molecule has 1 aliphatic rings. The first-order chi connectivity index (χ1) is 11.8. The molecule has 1 heterocycles. The van der Waals surface area contributed by atoms with E-state index < -0.39 is 0 Å². The van der Waals surface area contributed by atoms with Gasteiger partial charge in [0.2, 0.25) is 0 Å². The Morgan fingerprint density at radius 2 is 1.79 bits per heavy atom. The molecule has 1 fully saturated rings. The topological polar surface area (TPSA) is 77.4 Å². The van der Waals surface area contributed by atoms with Crippen molar-refractivity contribution >= 4 is 11.0 Å². The second-order valence-corrected chi connectivity index (χ2v) is 6.43. The molecule has 1 saturated carbocycles. The Morgan fingerprint density at radius 3 is 2.54 bits per heavy atom. The fourth-order valence-electron chi connectivity index (χ4n) is 3.57. The number of benzene rings is 2. The number of aromatic nitrogens is 2. The summed E-state index contributed by atoms with van der Waals surface area (Å²) in [5, 5.41) is 3.85. The van der Waals surface area contributed by atoms with Gasteiger partial charge in [-0.25, -0.2) is 4.98 Å². The first-order valence-corrected chi connectivity index (χ1v) is 8.43. The highest BCUT2D eigenvalue weighted by Gasteiger charge is 2.23. The average Bonchev–Trinajstić information content (AvgIpc) is 3.06. The van der Waals surface area contributed by atoms with E-state index in [0.717, 1.165) is 42.5 Å². The van der Waals surface area contributed by atoms with Crippen LogP contribution < -0.4 is 0 Å². The summed E-state index contributed by atoms with van der Waals surface area (Å²) in [5.74, 6) is 1.50. The molecule has 0 aliphatic heterocycles. The van der Waals surface area contributed by atoms with Gasteiger partial charge in [0.25, 0.3) is 0 Å². The third-order valence-corrected chi connectivity index (χ3v) is 4.91. The molecule has 0 radical (unpaired) electrons. The third kappa shape index (κ3) is 2.86. The van der Waals surface area contributed by atoms with E-state index in [1.165, 1.54) is 11.1 Å². The molecule has 5 nitrogen and oxygen atoms in total. The fourth-order valence-corrected chi connectivity index (χ4v) is 3.57. The van der Waals surface area contributed by atoms with Gasteiger partial charge in [0.15, 0.2) is 0 Å². The lowest BCUT2D eigenvalue weighted by Crippen LogP contribution is -2.16. The number of rotatable bonds is 3. The van der Waals surface area contributed by atoms with Crippen molar-refractivity contribution in [3.63, 3.8) is 0 Å². The average molecular weight is 317 g/mol. The van der Waals surface area contributed by atoms with Crippen LogP contribution >= 0.6 is 0 Å². The molecular formula is C19H19N5. The Bertz CT molecular complexity index is 885. The maximum absolute atomic E-state index is 8.56. The fraction of sp³-hybridized carbons (Fsp3) is 0.316. The van der Waals surface area contributed by atoms with Crippen LogP contribution in [0.2, 0.25) is 0 Å². The molecule has 3 aromatic rings. The number of fused-ring (bicyclic) bond motifs is 1. The molecule has 1 aromatic heterocycles. The Balaban J connectivity index is 1.59. The summed E-state index contributed by atoms with van der Waals surface area (Å²) < 4.78 is 0. The van der Waals surface area contributed by atoms with Gasteiger partial charge in [-0.15, -0.1) is 0 Å². The van der Waals surface area contributed by atoms with Crippen LogP contribution in [0.4, 0.5) is 0 Å². The summed E-state index contributed by atoms with van der Waals surface area (Å²) in [4.78, 5) is 11.2. The monoisotopic (exact) mass is 317 g/mol. The molecule has 120 valence electrons. The normalized spacial score (nSPS) is 20.7. The van der Waals surface area contributed by atoms with Crippen LogP contribution in [0.3, 0.4) is 0 Å². The summed E-state index contributed by atoms with van der Waals surface area (Å²) in [6, 6.07) is 16.9. The zero-order valence-corrected chi connectivity index (χ0v) is 13.4. The molecular weight excluding hydrogens is 298 g/mol.